The molecule has 0 amide bonds. The third-order valence-electron chi connectivity index (χ3n) is 4.72. The molecule has 0 fully saturated rings. The molecule has 2 aromatic rings. The van der Waals surface area contributed by atoms with E-state index in [0.29, 0.717) is 11.5 Å². The van der Waals surface area contributed by atoms with Gasteiger partial charge in [0.2, 0.25) is 0 Å². The number of anilines is 1. The van der Waals surface area contributed by atoms with Crippen molar-refractivity contribution in [2.45, 2.75) is 58.3 Å². The Morgan fingerprint density at radius 3 is 1.96 bits per heavy atom. The summed E-state index contributed by atoms with van der Waals surface area (Å²) in [5.74, 6) is 1.08. The zero-order chi connectivity index (χ0) is 20.7. The summed E-state index contributed by atoms with van der Waals surface area (Å²) in [7, 11) is -3.43. The van der Waals surface area contributed by atoms with Crippen molar-refractivity contribution in [1.82, 2.24) is 0 Å². The highest BCUT2D eigenvalue weighted by atomic mass is 32.2. The minimum atomic E-state index is -3.43. The third kappa shape index (κ3) is 5.99. The van der Waals surface area contributed by atoms with Crippen molar-refractivity contribution in [3.8, 4) is 11.5 Å². The summed E-state index contributed by atoms with van der Waals surface area (Å²) in [6, 6.07) is 11.5. The van der Waals surface area contributed by atoms with Crippen LogP contribution in [0, 0.1) is 13.8 Å². The molecule has 0 radical (unpaired) electrons. The second-order valence-electron chi connectivity index (χ2n) is 7.49. The van der Waals surface area contributed by atoms with Gasteiger partial charge in [-0.05, 0) is 56.5 Å². The van der Waals surface area contributed by atoms with Gasteiger partial charge in [0.15, 0.2) is 15.6 Å². The molecular formula is C23H33NO3S. The molecule has 0 aliphatic heterocycles. The fourth-order valence-electron chi connectivity index (χ4n) is 3.11. The highest BCUT2D eigenvalue weighted by molar-refractivity contribution is 7.90. The van der Waals surface area contributed by atoms with Gasteiger partial charge in [-0.15, -0.1) is 0 Å². The number of aryl methyl sites for hydroxylation is 2. The molecule has 2 rings (SSSR count). The number of hydrogen-bond acceptors (Lipinski definition) is 4. The fourth-order valence-corrected chi connectivity index (χ4v) is 3.99. The summed E-state index contributed by atoms with van der Waals surface area (Å²) >= 11 is 0. The molecule has 28 heavy (non-hydrogen) atoms. The third-order valence-corrected chi connectivity index (χ3v) is 5.83. The molecular weight excluding hydrogens is 370 g/mol. The lowest BCUT2D eigenvalue weighted by atomic mass is 10.1. The van der Waals surface area contributed by atoms with E-state index >= 15 is 0 Å². The van der Waals surface area contributed by atoms with E-state index < -0.39 is 9.84 Å². The maximum Gasteiger partial charge on any atom is 0.179 e. The predicted molar refractivity (Wildman–Crippen MR) is 118 cm³/mol. The standard InChI is InChI=1S/C23H33NO3S/c1-6-8-14-24(15-9-7-2)21-16-19(4)17-22(28(5,25)26)23(21)27-20-12-10-18(3)11-13-20/h10-13,16-17H,6-9,14-15H2,1-5H3. The van der Waals surface area contributed by atoms with Crippen molar-refractivity contribution >= 4 is 15.5 Å². The van der Waals surface area contributed by atoms with Crippen LogP contribution in [0.5, 0.6) is 11.5 Å². The molecule has 0 heterocycles. The Labute approximate surface area is 170 Å². The van der Waals surface area contributed by atoms with Gasteiger partial charge in [-0.1, -0.05) is 44.4 Å². The molecule has 0 saturated heterocycles. The van der Waals surface area contributed by atoms with E-state index in [1.807, 2.05) is 44.2 Å². The van der Waals surface area contributed by atoms with Crippen LogP contribution in [-0.4, -0.2) is 27.8 Å². The average molecular weight is 404 g/mol. The SMILES string of the molecule is CCCCN(CCCC)c1cc(C)cc(S(C)(=O)=O)c1Oc1ccc(C)cc1. The lowest BCUT2D eigenvalue weighted by Gasteiger charge is -2.28. The van der Waals surface area contributed by atoms with Gasteiger partial charge in [-0.25, -0.2) is 8.42 Å². The molecule has 4 nitrogen and oxygen atoms in total. The zero-order valence-electron chi connectivity index (χ0n) is 17.8. The van der Waals surface area contributed by atoms with E-state index in [4.69, 9.17) is 4.74 Å². The largest absolute Gasteiger partial charge is 0.454 e. The minimum absolute atomic E-state index is 0.251. The van der Waals surface area contributed by atoms with Crippen molar-refractivity contribution in [1.29, 1.82) is 0 Å². The van der Waals surface area contributed by atoms with Crippen LogP contribution in [0.2, 0.25) is 0 Å². The van der Waals surface area contributed by atoms with Gasteiger partial charge in [0, 0.05) is 19.3 Å². The van der Waals surface area contributed by atoms with Crippen LogP contribution >= 0.6 is 0 Å². The Morgan fingerprint density at radius 2 is 1.46 bits per heavy atom. The Hall–Kier alpha value is -2.01. The molecule has 2 aromatic carbocycles. The van der Waals surface area contributed by atoms with Crippen molar-refractivity contribution in [3.63, 3.8) is 0 Å². The molecule has 154 valence electrons. The number of sulfone groups is 1. The van der Waals surface area contributed by atoms with Crippen LogP contribution in [0.1, 0.15) is 50.7 Å². The van der Waals surface area contributed by atoms with Gasteiger partial charge in [-0.3, -0.25) is 0 Å². The van der Waals surface area contributed by atoms with Gasteiger partial charge < -0.3 is 9.64 Å². The quantitative estimate of drug-likeness (QED) is 0.495. The molecule has 0 saturated carbocycles. The summed E-state index contributed by atoms with van der Waals surface area (Å²) in [5, 5.41) is 0. The number of ether oxygens (including phenoxy) is 1. The van der Waals surface area contributed by atoms with Gasteiger partial charge in [0.1, 0.15) is 10.6 Å². The Kier molecular flexibility index (Phi) is 7.93. The van der Waals surface area contributed by atoms with E-state index in [1.165, 1.54) is 6.26 Å². The van der Waals surface area contributed by atoms with Crippen LogP contribution in [0.25, 0.3) is 0 Å². The normalized spacial score (nSPS) is 11.5. The minimum Gasteiger partial charge on any atom is -0.454 e. The first-order valence-electron chi connectivity index (χ1n) is 10.1. The Morgan fingerprint density at radius 1 is 0.893 bits per heavy atom. The first kappa shape index (κ1) is 22.3. The number of nitrogens with zero attached hydrogens (tertiary/aromatic N) is 1. The van der Waals surface area contributed by atoms with E-state index in [-0.39, 0.29) is 4.90 Å². The first-order chi connectivity index (χ1) is 13.3. The van der Waals surface area contributed by atoms with Gasteiger partial charge in [-0.2, -0.15) is 0 Å². The molecule has 0 aliphatic rings. The Balaban J connectivity index is 2.60. The van der Waals surface area contributed by atoms with Crippen molar-refractivity contribution in [3.05, 3.63) is 47.5 Å². The van der Waals surface area contributed by atoms with E-state index in [2.05, 4.69) is 18.7 Å². The summed E-state index contributed by atoms with van der Waals surface area (Å²) in [6.45, 7) is 10.0. The molecule has 0 unspecified atom stereocenters. The molecule has 0 N–H and O–H groups in total. The molecule has 0 aliphatic carbocycles. The fraction of sp³-hybridized carbons (Fsp3) is 0.478. The zero-order valence-corrected chi connectivity index (χ0v) is 18.6. The van der Waals surface area contributed by atoms with Gasteiger partial charge >= 0.3 is 0 Å². The van der Waals surface area contributed by atoms with E-state index in [1.54, 1.807) is 6.07 Å². The number of benzene rings is 2. The molecule has 0 bridgehead atoms. The predicted octanol–water partition coefficient (Wildman–Crippen LogP) is 5.91. The van der Waals surface area contributed by atoms with Crippen LogP contribution in [0.3, 0.4) is 0 Å². The number of unbranched alkanes of at least 4 members (excludes halogenated alkanes) is 2. The highest BCUT2D eigenvalue weighted by Gasteiger charge is 2.23. The topological polar surface area (TPSA) is 46.6 Å². The van der Waals surface area contributed by atoms with Crippen molar-refractivity contribution in [2.75, 3.05) is 24.2 Å². The van der Waals surface area contributed by atoms with Gasteiger partial charge in [0.25, 0.3) is 0 Å². The first-order valence-corrected chi connectivity index (χ1v) is 12.0. The van der Waals surface area contributed by atoms with E-state index in [9.17, 15) is 8.42 Å². The lowest BCUT2D eigenvalue weighted by molar-refractivity contribution is 0.465. The summed E-state index contributed by atoms with van der Waals surface area (Å²) in [5.41, 5.74) is 2.92. The molecule has 0 aromatic heterocycles. The maximum absolute atomic E-state index is 12.6. The molecule has 5 heteroatoms. The lowest BCUT2D eigenvalue weighted by Crippen LogP contribution is -2.26. The average Bonchev–Trinajstić information content (AvgIpc) is 2.64. The van der Waals surface area contributed by atoms with Gasteiger partial charge in [0.05, 0.1) is 5.69 Å². The van der Waals surface area contributed by atoms with Crippen molar-refractivity contribution in [2.24, 2.45) is 0 Å². The van der Waals surface area contributed by atoms with Crippen LogP contribution in [-0.2, 0) is 9.84 Å². The molecule has 0 spiro atoms. The maximum atomic E-state index is 12.6. The monoisotopic (exact) mass is 403 g/mol. The number of rotatable bonds is 10. The second kappa shape index (κ2) is 9.97. The summed E-state index contributed by atoms with van der Waals surface area (Å²) in [4.78, 5) is 2.53. The van der Waals surface area contributed by atoms with Crippen LogP contribution in [0.15, 0.2) is 41.3 Å². The van der Waals surface area contributed by atoms with Crippen LogP contribution in [0.4, 0.5) is 5.69 Å². The highest BCUT2D eigenvalue weighted by Crippen LogP contribution is 2.40. The molecule has 0 atom stereocenters. The van der Waals surface area contributed by atoms with E-state index in [0.717, 1.165) is 55.6 Å². The smallest absolute Gasteiger partial charge is 0.179 e. The number of hydrogen-bond donors (Lipinski definition) is 0. The second-order valence-corrected chi connectivity index (χ2v) is 9.48. The summed E-state index contributed by atoms with van der Waals surface area (Å²) < 4.78 is 31.3. The van der Waals surface area contributed by atoms with Crippen LogP contribution < -0.4 is 9.64 Å². The van der Waals surface area contributed by atoms with Crippen molar-refractivity contribution < 1.29 is 13.2 Å². The Bertz CT molecular complexity index is 865. The summed E-state index contributed by atoms with van der Waals surface area (Å²) in [6.07, 6.45) is 5.52.